The molecule has 2 atom stereocenters. The molecule has 1 heterocycles. The van der Waals surface area contributed by atoms with Gasteiger partial charge in [0.25, 0.3) is 0 Å². The lowest BCUT2D eigenvalue weighted by Gasteiger charge is -2.24. The molecule has 0 N–H and O–H groups in total. The Balaban J connectivity index is 2.40. The van der Waals surface area contributed by atoms with E-state index in [2.05, 4.69) is 13.8 Å². The molecule has 1 saturated heterocycles. The second-order valence-electron chi connectivity index (χ2n) is 4.95. The van der Waals surface area contributed by atoms with E-state index in [1.165, 1.54) is 6.42 Å². The number of nitrogens with zero attached hydrogens (tertiary/aromatic N) is 1. The highest BCUT2D eigenvalue weighted by Crippen LogP contribution is 2.24. The summed E-state index contributed by atoms with van der Waals surface area (Å²) in [7, 11) is 1.71. The van der Waals surface area contributed by atoms with Gasteiger partial charge in [-0.25, -0.2) is 0 Å². The predicted molar refractivity (Wildman–Crippen MR) is 65.3 cm³/mol. The van der Waals surface area contributed by atoms with E-state index in [0.29, 0.717) is 30.9 Å². The quantitative estimate of drug-likeness (QED) is 0.652. The monoisotopic (exact) mass is 227 g/mol. The summed E-state index contributed by atoms with van der Waals surface area (Å²) in [6.45, 7) is 5.97. The zero-order chi connectivity index (χ0) is 12.0. The summed E-state index contributed by atoms with van der Waals surface area (Å²) in [5, 5.41) is 0. The first-order valence-corrected chi connectivity index (χ1v) is 6.47. The van der Waals surface area contributed by atoms with Crippen LogP contribution in [0.4, 0.5) is 0 Å². The summed E-state index contributed by atoms with van der Waals surface area (Å²) in [6.07, 6.45) is 5.16. The zero-order valence-corrected chi connectivity index (χ0v) is 10.9. The molecule has 0 spiro atoms. The van der Waals surface area contributed by atoms with E-state index in [0.717, 1.165) is 25.8 Å². The average molecular weight is 227 g/mol. The number of unbranched alkanes of at least 4 members (excludes halogenated alkanes) is 2. The van der Waals surface area contributed by atoms with E-state index in [1.807, 2.05) is 4.90 Å². The molecule has 94 valence electrons. The van der Waals surface area contributed by atoms with Gasteiger partial charge >= 0.3 is 0 Å². The normalized spacial score (nSPS) is 25.1. The van der Waals surface area contributed by atoms with Crippen molar-refractivity contribution in [1.82, 2.24) is 4.90 Å². The van der Waals surface area contributed by atoms with Gasteiger partial charge in [0, 0.05) is 20.1 Å². The van der Waals surface area contributed by atoms with Crippen molar-refractivity contribution in [2.45, 2.75) is 52.0 Å². The average Bonchev–Trinajstić information content (AvgIpc) is 2.60. The molecule has 1 amide bonds. The fourth-order valence-corrected chi connectivity index (χ4v) is 2.48. The van der Waals surface area contributed by atoms with Crippen molar-refractivity contribution >= 4 is 5.91 Å². The molecule has 1 aliphatic rings. The van der Waals surface area contributed by atoms with Crippen LogP contribution in [0.25, 0.3) is 0 Å². The summed E-state index contributed by atoms with van der Waals surface area (Å²) < 4.78 is 5.19. The maximum Gasteiger partial charge on any atom is 0.222 e. The number of hydrogen-bond donors (Lipinski definition) is 0. The Morgan fingerprint density at radius 2 is 2.19 bits per heavy atom. The first kappa shape index (κ1) is 13.5. The van der Waals surface area contributed by atoms with Crippen molar-refractivity contribution in [2.75, 3.05) is 20.3 Å². The minimum absolute atomic E-state index is 0.314. The third-order valence-corrected chi connectivity index (χ3v) is 3.30. The molecule has 0 aromatic rings. The molecule has 1 aliphatic heterocycles. The fourth-order valence-electron chi connectivity index (χ4n) is 2.48. The number of carbonyl (C=O) groups is 1. The molecule has 0 unspecified atom stereocenters. The molecule has 16 heavy (non-hydrogen) atoms. The van der Waals surface area contributed by atoms with Crippen molar-refractivity contribution in [1.29, 1.82) is 0 Å². The van der Waals surface area contributed by atoms with Crippen molar-refractivity contribution < 1.29 is 9.53 Å². The molecule has 3 nitrogen and oxygen atoms in total. The molecule has 0 radical (unpaired) electrons. The second-order valence-corrected chi connectivity index (χ2v) is 4.95. The molecule has 0 bridgehead atoms. The van der Waals surface area contributed by atoms with Crippen LogP contribution < -0.4 is 0 Å². The Kier molecular flexibility index (Phi) is 5.81. The third kappa shape index (κ3) is 3.78. The molecular weight excluding hydrogens is 202 g/mol. The minimum Gasteiger partial charge on any atom is -0.383 e. The first-order valence-electron chi connectivity index (χ1n) is 6.47. The maximum absolute atomic E-state index is 12.0. The molecule has 1 fully saturated rings. The lowest BCUT2D eigenvalue weighted by atomic mass is 10.1. The summed E-state index contributed by atoms with van der Waals surface area (Å²) in [4.78, 5) is 14.1. The van der Waals surface area contributed by atoms with Crippen molar-refractivity contribution in [3.63, 3.8) is 0 Å². The highest BCUT2D eigenvalue weighted by atomic mass is 16.5. The SMILES string of the molecule is CCCCCC(=O)N1C[C@H](C)C[C@H]1COC. The maximum atomic E-state index is 12.0. The van der Waals surface area contributed by atoms with Crippen LogP contribution >= 0.6 is 0 Å². The van der Waals surface area contributed by atoms with Gasteiger partial charge in [-0.3, -0.25) is 4.79 Å². The Bertz CT molecular complexity index is 218. The van der Waals surface area contributed by atoms with Gasteiger partial charge in [0.1, 0.15) is 0 Å². The van der Waals surface area contributed by atoms with E-state index >= 15 is 0 Å². The van der Waals surface area contributed by atoms with Crippen LogP contribution in [-0.4, -0.2) is 37.1 Å². The Hall–Kier alpha value is -0.570. The molecule has 1 rings (SSSR count). The summed E-state index contributed by atoms with van der Waals surface area (Å²) in [6, 6.07) is 0.314. The van der Waals surface area contributed by atoms with Crippen LogP contribution in [0.5, 0.6) is 0 Å². The first-order chi connectivity index (χ1) is 7.69. The number of likely N-dealkylation sites (tertiary alicyclic amines) is 1. The van der Waals surface area contributed by atoms with Crippen LogP contribution in [0, 0.1) is 5.92 Å². The number of rotatable bonds is 6. The van der Waals surface area contributed by atoms with Crippen molar-refractivity contribution in [2.24, 2.45) is 5.92 Å². The highest BCUT2D eigenvalue weighted by Gasteiger charge is 2.32. The molecule has 3 heteroatoms. The van der Waals surface area contributed by atoms with Gasteiger partial charge in [-0.1, -0.05) is 26.7 Å². The van der Waals surface area contributed by atoms with Gasteiger partial charge in [0.15, 0.2) is 0 Å². The van der Waals surface area contributed by atoms with Crippen molar-refractivity contribution in [3.8, 4) is 0 Å². The van der Waals surface area contributed by atoms with Gasteiger partial charge < -0.3 is 9.64 Å². The standard InChI is InChI=1S/C13H25NO2/c1-4-5-6-7-13(15)14-9-11(2)8-12(14)10-16-3/h11-12H,4-10H2,1-3H3/t11-,12+/m1/s1. The predicted octanol–water partition coefficient (Wildman–Crippen LogP) is 2.45. The number of hydrogen-bond acceptors (Lipinski definition) is 2. The van der Waals surface area contributed by atoms with Gasteiger partial charge in [-0.05, 0) is 18.8 Å². The third-order valence-electron chi connectivity index (χ3n) is 3.30. The van der Waals surface area contributed by atoms with Gasteiger partial charge in [0.05, 0.1) is 12.6 Å². The van der Waals surface area contributed by atoms with Gasteiger partial charge in [0.2, 0.25) is 5.91 Å². The van der Waals surface area contributed by atoms with Crippen LogP contribution in [0.3, 0.4) is 0 Å². The lowest BCUT2D eigenvalue weighted by molar-refractivity contribution is -0.133. The van der Waals surface area contributed by atoms with E-state index in [9.17, 15) is 4.79 Å². The van der Waals surface area contributed by atoms with Crippen LogP contribution in [-0.2, 0) is 9.53 Å². The Morgan fingerprint density at radius 1 is 1.44 bits per heavy atom. The molecule has 0 saturated carbocycles. The topological polar surface area (TPSA) is 29.5 Å². The number of amides is 1. The van der Waals surface area contributed by atoms with Gasteiger partial charge in [-0.2, -0.15) is 0 Å². The zero-order valence-electron chi connectivity index (χ0n) is 10.9. The van der Waals surface area contributed by atoms with Crippen LogP contribution in [0.1, 0.15) is 46.0 Å². The molecule has 0 aliphatic carbocycles. The van der Waals surface area contributed by atoms with Gasteiger partial charge in [-0.15, -0.1) is 0 Å². The van der Waals surface area contributed by atoms with Crippen LogP contribution in [0.2, 0.25) is 0 Å². The summed E-state index contributed by atoms with van der Waals surface area (Å²) in [5.41, 5.74) is 0. The smallest absolute Gasteiger partial charge is 0.222 e. The molecule has 0 aromatic carbocycles. The second kappa shape index (κ2) is 6.89. The minimum atomic E-state index is 0.314. The number of methoxy groups -OCH3 is 1. The van der Waals surface area contributed by atoms with Crippen molar-refractivity contribution in [3.05, 3.63) is 0 Å². The van der Waals surface area contributed by atoms with E-state index in [4.69, 9.17) is 4.74 Å². The van der Waals surface area contributed by atoms with Crippen LogP contribution in [0.15, 0.2) is 0 Å². The van der Waals surface area contributed by atoms with E-state index in [-0.39, 0.29) is 0 Å². The Morgan fingerprint density at radius 3 is 2.81 bits per heavy atom. The molecule has 0 aromatic heterocycles. The summed E-state index contributed by atoms with van der Waals surface area (Å²) in [5.74, 6) is 0.940. The highest BCUT2D eigenvalue weighted by molar-refractivity contribution is 5.76. The van der Waals surface area contributed by atoms with E-state index in [1.54, 1.807) is 7.11 Å². The van der Waals surface area contributed by atoms with E-state index < -0.39 is 0 Å². The summed E-state index contributed by atoms with van der Waals surface area (Å²) >= 11 is 0. The lowest BCUT2D eigenvalue weighted by Crippen LogP contribution is -2.38. The fraction of sp³-hybridized carbons (Fsp3) is 0.923. The largest absolute Gasteiger partial charge is 0.383 e. The molecular formula is C13H25NO2. The Labute approximate surface area is 99.1 Å². The number of carbonyl (C=O) groups excluding carboxylic acids is 1. The number of ether oxygens (including phenoxy) is 1.